The van der Waals surface area contributed by atoms with Crippen molar-refractivity contribution in [3.63, 3.8) is 0 Å². The lowest BCUT2D eigenvalue weighted by Gasteiger charge is -1.96. The standard InChI is InChI=1S/C13H10N4O/c14-9-6-4-8(5-7-9)13-15-10-2-1-3-11(17-18)12(10)16-13/h1-7H,14H2,(H,15,16). The summed E-state index contributed by atoms with van der Waals surface area (Å²) in [6.45, 7) is 0. The normalized spacial score (nSPS) is 10.7. The molecule has 5 nitrogen and oxygen atoms in total. The number of rotatable bonds is 2. The van der Waals surface area contributed by atoms with Gasteiger partial charge in [-0.3, -0.25) is 0 Å². The number of aromatic nitrogens is 2. The minimum Gasteiger partial charge on any atom is -0.399 e. The van der Waals surface area contributed by atoms with Gasteiger partial charge in [0.15, 0.2) is 0 Å². The molecule has 0 saturated carbocycles. The number of H-pyrrole nitrogens is 1. The summed E-state index contributed by atoms with van der Waals surface area (Å²) in [7, 11) is 0. The molecule has 5 heteroatoms. The van der Waals surface area contributed by atoms with Crippen molar-refractivity contribution < 1.29 is 0 Å². The second-order valence-corrected chi connectivity index (χ2v) is 3.97. The monoisotopic (exact) mass is 238 g/mol. The van der Waals surface area contributed by atoms with Crippen LogP contribution in [0.4, 0.5) is 11.4 Å². The van der Waals surface area contributed by atoms with Crippen LogP contribution in [0.1, 0.15) is 0 Å². The first-order valence-corrected chi connectivity index (χ1v) is 5.46. The van der Waals surface area contributed by atoms with Crippen molar-refractivity contribution in [3.05, 3.63) is 47.4 Å². The molecule has 18 heavy (non-hydrogen) atoms. The molecular formula is C13H10N4O. The topological polar surface area (TPSA) is 84.1 Å². The van der Waals surface area contributed by atoms with Crippen LogP contribution in [0.3, 0.4) is 0 Å². The van der Waals surface area contributed by atoms with Gasteiger partial charge < -0.3 is 10.7 Å². The van der Waals surface area contributed by atoms with Gasteiger partial charge in [-0.25, -0.2) is 4.98 Å². The van der Waals surface area contributed by atoms with E-state index in [-0.39, 0.29) is 0 Å². The van der Waals surface area contributed by atoms with Gasteiger partial charge in [0.05, 0.1) is 5.52 Å². The van der Waals surface area contributed by atoms with Crippen molar-refractivity contribution in [2.24, 2.45) is 5.18 Å². The largest absolute Gasteiger partial charge is 0.399 e. The summed E-state index contributed by atoms with van der Waals surface area (Å²) < 4.78 is 0. The zero-order chi connectivity index (χ0) is 12.5. The Morgan fingerprint density at radius 1 is 1.11 bits per heavy atom. The van der Waals surface area contributed by atoms with E-state index in [1.54, 1.807) is 24.3 Å². The lowest BCUT2D eigenvalue weighted by Crippen LogP contribution is -1.84. The highest BCUT2D eigenvalue weighted by atomic mass is 16.3. The predicted molar refractivity (Wildman–Crippen MR) is 71.4 cm³/mol. The highest BCUT2D eigenvalue weighted by Crippen LogP contribution is 2.27. The van der Waals surface area contributed by atoms with Gasteiger partial charge in [0.1, 0.15) is 17.0 Å². The zero-order valence-electron chi connectivity index (χ0n) is 9.42. The maximum atomic E-state index is 10.7. The minimum atomic E-state index is 0.338. The molecule has 0 spiro atoms. The number of nitrogens with zero attached hydrogens (tertiary/aromatic N) is 2. The zero-order valence-corrected chi connectivity index (χ0v) is 9.42. The molecule has 3 rings (SSSR count). The fraction of sp³-hybridized carbons (Fsp3) is 0. The van der Waals surface area contributed by atoms with Crippen LogP contribution in [-0.4, -0.2) is 9.97 Å². The summed E-state index contributed by atoms with van der Waals surface area (Å²) in [5, 5.41) is 2.97. The van der Waals surface area contributed by atoms with Gasteiger partial charge in [0, 0.05) is 11.3 Å². The van der Waals surface area contributed by atoms with E-state index in [0.29, 0.717) is 22.7 Å². The van der Waals surface area contributed by atoms with Crippen molar-refractivity contribution in [3.8, 4) is 11.4 Å². The molecular weight excluding hydrogens is 228 g/mol. The number of hydrogen-bond donors (Lipinski definition) is 2. The Morgan fingerprint density at radius 2 is 1.89 bits per heavy atom. The molecule has 0 radical (unpaired) electrons. The molecule has 0 fully saturated rings. The minimum absolute atomic E-state index is 0.338. The summed E-state index contributed by atoms with van der Waals surface area (Å²) in [6.07, 6.45) is 0. The molecule has 2 aromatic carbocycles. The van der Waals surface area contributed by atoms with Crippen molar-refractivity contribution in [2.75, 3.05) is 5.73 Å². The third-order valence-corrected chi connectivity index (χ3v) is 2.77. The van der Waals surface area contributed by atoms with E-state index < -0.39 is 0 Å². The smallest absolute Gasteiger partial charge is 0.138 e. The summed E-state index contributed by atoms with van der Waals surface area (Å²) >= 11 is 0. The van der Waals surface area contributed by atoms with Crippen molar-refractivity contribution >= 4 is 22.4 Å². The average Bonchev–Trinajstić information content (AvgIpc) is 2.83. The molecule has 3 aromatic rings. The molecule has 0 atom stereocenters. The number of nitrogens with one attached hydrogen (secondary N) is 1. The van der Waals surface area contributed by atoms with Gasteiger partial charge in [-0.2, -0.15) is 0 Å². The molecule has 0 aliphatic carbocycles. The second kappa shape index (κ2) is 3.96. The summed E-state index contributed by atoms with van der Waals surface area (Å²) in [6, 6.07) is 12.6. The fourth-order valence-electron chi connectivity index (χ4n) is 1.87. The molecule has 0 aliphatic heterocycles. The maximum absolute atomic E-state index is 10.7. The average molecular weight is 238 g/mol. The molecule has 0 unspecified atom stereocenters. The first-order valence-electron chi connectivity index (χ1n) is 5.46. The first-order chi connectivity index (χ1) is 8.78. The fourth-order valence-corrected chi connectivity index (χ4v) is 1.87. The van der Waals surface area contributed by atoms with E-state index in [1.807, 2.05) is 18.2 Å². The van der Waals surface area contributed by atoms with Crippen LogP contribution in [0.5, 0.6) is 0 Å². The third-order valence-electron chi connectivity index (χ3n) is 2.77. The second-order valence-electron chi connectivity index (χ2n) is 3.97. The number of anilines is 1. The number of para-hydroxylation sites is 1. The Balaban J connectivity index is 2.19. The Hall–Kier alpha value is -2.69. The van der Waals surface area contributed by atoms with Gasteiger partial charge in [0.25, 0.3) is 0 Å². The van der Waals surface area contributed by atoms with Crippen LogP contribution >= 0.6 is 0 Å². The van der Waals surface area contributed by atoms with E-state index in [4.69, 9.17) is 5.73 Å². The van der Waals surface area contributed by atoms with Gasteiger partial charge in [-0.1, -0.05) is 6.07 Å². The number of imidazole rings is 1. The van der Waals surface area contributed by atoms with Gasteiger partial charge in [-0.05, 0) is 41.6 Å². The predicted octanol–water partition coefficient (Wildman–Crippen LogP) is 3.21. The van der Waals surface area contributed by atoms with Crippen molar-refractivity contribution in [1.82, 2.24) is 9.97 Å². The van der Waals surface area contributed by atoms with E-state index >= 15 is 0 Å². The van der Waals surface area contributed by atoms with Crippen LogP contribution in [0.25, 0.3) is 22.4 Å². The molecule has 0 amide bonds. The number of nitrogen functional groups attached to an aromatic ring is 1. The van der Waals surface area contributed by atoms with Crippen LogP contribution in [0.15, 0.2) is 47.6 Å². The van der Waals surface area contributed by atoms with E-state index in [1.165, 1.54) is 0 Å². The van der Waals surface area contributed by atoms with E-state index in [9.17, 15) is 4.91 Å². The number of nitroso groups, excluding NO2 is 1. The Labute approximate surface area is 103 Å². The van der Waals surface area contributed by atoms with Gasteiger partial charge in [0.2, 0.25) is 0 Å². The van der Waals surface area contributed by atoms with Crippen LogP contribution in [0.2, 0.25) is 0 Å². The molecule has 0 aliphatic rings. The maximum Gasteiger partial charge on any atom is 0.138 e. The molecule has 88 valence electrons. The first kappa shape index (κ1) is 10.5. The summed E-state index contributed by atoms with van der Waals surface area (Å²) in [5.74, 6) is 0.695. The SMILES string of the molecule is Nc1ccc(-c2nc3c(N=O)cccc3[nH]2)cc1. The third kappa shape index (κ3) is 1.62. The lowest BCUT2D eigenvalue weighted by molar-refractivity contribution is 1.33. The van der Waals surface area contributed by atoms with Crippen molar-refractivity contribution in [1.29, 1.82) is 0 Å². The quantitative estimate of drug-likeness (QED) is 0.531. The molecule has 0 bridgehead atoms. The summed E-state index contributed by atoms with van der Waals surface area (Å²) in [4.78, 5) is 18.2. The van der Waals surface area contributed by atoms with Gasteiger partial charge >= 0.3 is 0 Å². The number of hydrogen-bond acceptors (Lipinski definition) is 4. The molecule has 0 saturated heterocycles. The molecule has 1 heterocycles. The van der Waals surface area contributed by atoms with E-state index in [0.717, 1.165) is 11.1 Å². The number of aromatic amines is 1. The van der Waals surface area contributed by atoms with Crippen molar-refractivity contribution in [2.45, 2.75) is 0 Å². The van der Waals surface area contributed by atoms with Gasteiger partial charge in [-0.15, -0.1) is 4.91 Å². The van der Waals surface area contributed by atoms with Crippen LogP contribution < -0.4 is 5.73 Å². The summed E-state index contributed by atoms with van der Waals surface area (Å²) in [5.41, 5.74) is 8.96. The molecule has 3 N–H and O–H groups in total. The number of nitrogens with two attached hydrogens (primary N) is 1. The number of benzene rings is 2. The van der Waals surface area contributed by atoms with Crippen LogP contribution in [-0.2, 0) is 0 Å². The Bertz CT molecular complexity index is 715. The van der Waals surface area contributed by atoms with Crippen LogP contribution in [0, 0.1) is 4.91 Å². The van der Waals surface area contributed by atoms with E-state index in [2.05, 4.69) is 15.1 Å². The Kier molecular flexibility index (Phi) is 2.30. The highest BCUT2D eigenvalue weighted by molar-refractivity contribution is 5.88. The Morgan fingerprint density at radius 3 is 2.61 bits per heavy atom. The molecule has 1 aromatic heterocycles. The number of fused-ring (bicyclic) bond motifs is 1. The lowest BCUT2D eigenvalue weighted by atomic mass is 10.2. The highest BCUT2D eigenvalue weighted by Gasteiger charge is 2.08.